The van der Waals surface area contributed by atoms with E-state index in [9.17, 15) is 14.0 Å². The molecule has 1 rings (SSSR count). The number of aliphatic carboxylic acids is 1. The fourth-order valence-corrected chi connectivity index (χ4v) is 1.95. The summed E-state index contributed by atoms with van der Waals surface area (Å²) in [4.78, 5) is 22.9. The van der Waals surface area contributed by atoms with E-state index in [1.165, 1.54) is 18.2 Å². The van der Waals surface area contributed by atoms with Crippen molar-refractivity contribution in [2.45, 2.75) is 32.2 Å². The predicted octanol–water partition coefficient (Wildman–Crippen LogP) is 2.96. The van der Waals surface area contributed by atoms with Gasteiger partial charge in [0.2, 0.25) is 0 Å². The third-order valence-corrected chi connectivity index (χ3v) is 3.26. The summed E-state index contributed by atoms with van der Waals surface area (Å²) in [6, 6.07) is 3.31. The first-order chi connectivity index (χ1) is 8.97. The van der Waals surface area contributed by atoms with E-state index < -0.39 is 23.7 Å². The molecule has 6 heteroatoms. The Balaban J connectivity index is 2.82. The second-order valence-corrected chi connectivity index (χ2v) is 4.96. The van der Waals surface area contributed by atoms with Crippen molar-refractivity contribution in [2.24, 2.45) is 0 Å². The van der Waals surface area contributed by atoms with E-state index in [1.54, 1.807) is 0 Å². The molecule has 1 aromatic carbocycles. The first-order valence-corrected chi connectivity index (χ1v) is 6.74. The number of carbonyl (C=O) groups excluding carboxylic acids is 1. The van der Waals surface area contributed by atoms with Gasteiger partial charge in [0, 0.05) is 0 Å². The SMILES string of the molecule is CCCC[C@H](NC(=O)c1cccc(Br)c1F)C(=O)O. The largest absolute Gasteiger partial charge is 0.480 e. The molecule has 0 unspecified atom stereocenters. The van der Waals surface area contributed by atoms with Gasteiger partial charge in [0.1, 0.15) is 11.9 Å². The van der Waals surface area contributed by atoms with Gasteiger partial charge in [0.25, 0.3) is 5.91 Å². The normalized spacial score (nSPS) is 11.9. The molecule has 0 heterocycles. The Labute approximate surface area is 119 Å². The van der Waals surface area contributed by atoms with Gasteiger partial charge in [-0.25, -0.2) is 9.18 Å². The Morgan fingerprint density at radius 2 is 2.16 bits per heavy atom. The molecular formula is C13H15BrFNO3. The highest BCUT2D eigenvalue weighted by Crippen LogP contribution is 2.18. The Morgan fingerprint density at radius 1 is 1.47 bits per heavy atom. The van der Waals surface area contributed by atoms with Crippen LogP contribution in [0, 0.1) is 5.82 Å². The topological polar surface area (TPSA) is 66.4 Å². The van der Waals surface area contributed by atoms with Crippen molar-refractivity contribution >= 4 is 27.8 Å². The van der Waals surface area contributed by atoms with Crippen molar-refractivity contribution in [3.8, 4) is 0 Å². The first-order valence-electron chi connectivity index (χ1n) is 5.95. The molecule has 2 N–H and O–H groups in total. The summed E-state index contributed by atoms with van der Waals surface area (Å²) in [7, 11) is 0. The first kappa shape index (κ1) is 15.6. The molecule has 1 aromatic rings. The standard InChI is InChI=1S/C13H15BrFNO3/c1-2-3-7-10(13(18)19)16-12(17)8-5-4-6-9(14)11(8)15/h4-6,10H,2-3,7H2,1H3,(H,16,17)(H,18,19)/t10-/m0/s1. The average Bonchev–Trinajstić information content (AvgIpc) is 2.37. The molecule has 104 valence electrons. The van der Waals surface area contributed by atoms with Gasteiger partial charge in [-0.3, -0.25) is 4.79 Å². The molecule has 0 fully saturated rings. The minimum Gasteiger partial charge on any atom is -0.480 e. The van der Waals surface area contributed by atoms with E-state index in [0.29, 0.717) is 12.8 Å². The zero-order chi connectivity index (χ0) is 14.4. The van der Waals surface area contributed by atoms with Gasteiger partial charge >= 0.3 is 5.97 Å². The summed E-state index contributed by atoms with van der Waals surface area (Å²) in [5.41, 5.74) is -0.169. The van der Waals surface area contributed by atoms with Crippen LogP contribution in [0.2, 0.25) is 0 Å². The second-order valence-electron chi connectivity index (χ2n) is 4.11. The summed E-state index contributed by atoms with van der Waals surface area (Å²) in [6.45, 7) is 1.93. The molecule has 0 radical (unpaired) electrons. The maximum absolute atomic E-state index is 13.7. The Kier molecular flexibility index (Phi) is 5.95. The van der Waals surface area contributed by atoms with E-state index in [4.69, 9.17) is 5.11 Å². The molecule has 1 amide bonds. The fourth-order valence-electron chi connectivity index (χ4n) is 1.58. The van der Waals surface area contributed by atoms with Crippen LogP contribution in [0.25, 0.3) is 0 Å². The number of carbonyl (C=O) groups is 2. The summed E-state index contributed by atoms with van der Waals surface area (Å²) < 4.78 is 13.9. The molecule has 0 aliphatic rings. The highest BCUT2D eigenvalue weighted by atomic mass is 79.9. The van der Waals surface area contributed by atoms with Gasteiger partial charge in [-0.1, -0.05) is 25.8 Å². The molecule has 0 saturated carbocycles. The van der Waals surface area contributed by atoms with Crippen LogP contribution in [0.4, 0.5) is 4.39 Å². The van der Waals surface area contributed by atoms with Crippen molar-refractivity contribution < 1.29 is 19.1 Å². The van der Waals surface area contributed by atoms with Crippen molar-refractivity contribution in [3.05, 3.63) is 34.1 Å². The molecule has 0 bridgehead atoms. The summed E-state index contributed by atoms with van der Waals surface area (Å²) >= 11 is 2.98. The zero-order valence-corrected chi connectivity index (χ0v) is 12.0. The maximum atomic E-state index is 13.7. The van der Waals surface area contributed by atoms with E-state index in [2.05, 4.69) is 21.2 Å². The lowest BCUT2D eigenvalue weighted by Gasteiger charge is -2.14. The molecule has 0 aromatic heterocycles. The third-order valence-electron chi connectivity index (χ3n) is 2.65. The number of amides is 1. The van der Waals surface area contributed by atoms with Crippen LogP contribution < -0.4 is 5.32 Å². The lowest BCUT2D eigenvalue weighted by Crippen LogP contribution is -2.41. The van der Waals surface area contributed by atoms with E-state index in [0.717, 1.165) is 6.42 Å². The number of halogens is 2. The van der Waals surface area contributed by atoms with Gasteiger partial charge in [-0.15, -0.1) is 0 Å². The van der Waals surface area contributed by atoms with Gasteiger partial charge in [0.15, 0.2) is 0 Å². The average molecular weight is 332 g/mol. The van der Waals surface area contributed by atoms with Crippen molar-refractivity contribution in [1.82, 2.24) is 5.32 Å². The van der Waals surface area contributed by atoms with Crippen LogP contribution >= 0.6 is 15.9 Å². The highest BCUT2D eigenvalue weighted by Gasteiger charge is 2.22. The van der Waals surface area contributed by atoms with E-state index in [1.807, 2.05) is 6.92 Å². The van der Waals surface area contributed by atoms with Crippen LogP contribution in [0.15, 0.2) is 22.7 Å². The van der Waals surface area contributed by atoms with E-state index >= 15 is 0 Å². The summed E-state index contributed by atoms with van der Waals surface area (Å²) in [5.74, 6) is -2.53. The molecule has 0 aliphatic heterocycles. The van der Waals surface area contributed by atoms with Gasteiger partial charge in [0.05, 0.1) is 10.0 Å². The smallest absolute Gasteiger partial charge is 0.326 e. The molecular weight excluding hydrogens is 317 g/mol. The molecule has 0 saturated heterocycles. The number of benzene rings is 1. The number of carboxylic acids is 1. The number of nitrogens with one attached hydrogen (secondary N) is 1. The van der Waals surface area contributed by atoms with Gasteiger partial charge in [-0.05, 0) is 34.5 Å². The minimum atomic E-state index is -1.11. The number of hydrogen-bond donors (Lipinski definition) is 2. The lowest BCUT2D eigenvalue weighted by molar-refractivity contribution is -0.139. The van der Waals surface area contributed by atoms with E-state index in [-0.39, 0.29) is 10.0 Å². The number of rotatable bonds is 6. The van der Waals surface area contributed by atoms with Crippen LogP contribution in [-0.2, 0) is 4.79 Å². The van der Waals surface area contributed by atoms with Gasteiger partial charge in [-0.2, -0.15) is 0 Å². The van der Waals surface area contributed by atoms with Crippen LogP contribution in [0.5, 0.6) is 0 Å². The quantitative estimate of drug-likeness (QED) is 0.842. The summed E-state index contributed by atoms with van der Waals surface area (Å²) in [6.07, 6.45) is 1.83. The highest BCUT2D eigenvalue weighted by molar-refractivity contribution is 9.10. The molecule has 4 nitrogen and oxygen atoms in total. The second kappa shape index (κ2) is 7.23. The fraction of sp³-hybridized carbons (Fsp3) is 0.385. The maximum Gasteiger partial charge on any atom is 0.326 e. The van der Waals surface area contributed by atoms with Crippen LogP contribution in [0.1, 0.15) is 36.5 Å². The zero-order valence-electron chi connectivity index (χ0n) is 10.5. The molecule has 0 aliphatic carbocycles. The van der Waals surface area contributed by atoms with Crippen molar-refractivity contribution in [2.75, 3.05) is 0 Å². The Bertz CT molecular complexity index is 479. The van der Waals surface area contributed by atoms with Crippen LogP contribution in [-0.4, -0.2) is 23.0 Å². The monoisotopic (exact) mass is 331 g/mol. The predicted molar refractivity (Wildman–Crippen MR) is 72.5 cm³/mol. The van der Waals surface area contributed by atoms with Crippen molar-refractivity contribution in [3.63, 3.8) is 0 Å². The third kappa shape index (κ3) is 4.31. The molecule has 19 heavy (non-hydrogen) atoms. The van der Waals surface area contributed by atoms with Crippen molar-refractivity contribution in [1.29, 1.82) is 0 Å². The number of hydrogen-bond acceptors (Lipinski definition) is 2. The molecule has 1 atom stereocenters. The number of unbranched alkanes of at least 4 members (excludes halogenated alkanes) is 1. The Hall–Kier alpha value is -1.43. The lowest BCUT2D eigenvalue weighted by atomic mass is 10.1. The van der Waals surface area contributed by atoms with Gasteiger partial charge < -0.3 is 10.4 Å². The number of carboxylic acid groups (broad SMARTS) is 1. The molecule has 0 spiro atoms. The summed E-state index contributed by atoms with van der Waals surface area (Å²) in [5, 5.41) is 11.3. The van der Waals surface area contributed by atoms with Crippen LogP contribution in [0.3, 0.4) is 0 Å². The Morgan fingerprint density at radius 3 is 2.74 bits per heavy atom. The minimum absolute atomic E-state index is 0.167.